The van der Waals surface area contributed by atoms with Gasteiger partial charge in [0.2, 0.25) is 10.0 Å². The monoisotopic (exact) mass is 360 g/mol. The normalized spacial score (nSPS) is 14.7. The molecule has 0 aliphatic rings. The minimum atomic E-state index is -3.39. The Hall–Kier alpha value is -1.69. The molecule has 25 heavy (non-hydrogen) atoms. The fourth-order valence-corrected chi connectivity index (χ4v) is 3.74. The average molecular weight is 361 g/mol. The van der Waals surface area contributed by atoms with Gasteiger partial charge in [0.1, 0.15) is 0 Å². The van der Waals surface area contributed by atoms with Gasteiger partial charge < -0.3 is 5.32 Å². The third kappa shape index (κ3) is 4.69. The van der Waals surface area contributed by atoms with Crippen molar-refractivity contribution in [1.82, 2.24) is 9.62 Å². The maximum Gasteiger partial charge on any atom is 0.242 e. The first-order valence-corrected chi connectivity index (χ1v) is 10.0. The second-order valence-corrected chi connectivity index (χ2v) is 9.03. The van der Waals surface area contributed by atoms with Gasteiger partial charge in [0, 0.05) is 26.2 Å². The molecule has 0 fully saturated rings. The summed E-state index contributed by atoms with van der Waals surface area (Å²) in [7, 11) is -0.302. The molecular formula is C20H28N2O2S. The highest BCUT2D eigenvalue weighted by molar-refractivity contribution is 7.89. The summed E-state index contributed by atoms with van der Waals surface area (Å²) in [5.41, 5.74) is 2.33. The first-order valence-electron chi connectivity index (χ1n) is 8.57. The zero-order valence-corrected chi connectivity index (χ0v) is 16.4. The van der Waals surface area contributed by atoms with Crippen molar-refractivity contribution in [2.45, 2.75) is 37.8 Å². The van der Waals surface area contributed by atoms with Gasteiger partial charge in [0.25, 0.3) is 0 Å². The van der Waals surface area contributed by atoms with Gasteiger partial charge in [0.05, 0.1) is 4.90 Å². The molecule has 0 radical (unpaired) electrons. The van der Waals surface area contributed by atoms with E-state index in [-0.39, 0.29) is 12.1 Å². The van der Waals surface area contributed by atoms with Crippen LogP contribution in [0.3, 0.4) is 0 Å². The van der Waals surface area contributed by atoms with Crippen LogP contribution in [0.25, 0.3) is 0 Å². The molecule has 2 atom stereocenters. The molecule has 5 heteroatoms. The number of hydrogen-bond acceptors (Lipinski definition) is 3. The number of nitrogens with one attached hydrogen (secondary N) is 1. The van der Waals surface area contributed by atoms with Crippen LogP contribution in [0.5, 0.6) is 0 Å². The van der Waals surface area contributed by atoms with Gasteiger partial charge >= 0.3 is 0 Å². The van der Waals surface area contributed by atoms with Crippen molar-refractivity contribution in [2.75, 3.05) is 14.1 Å². The highest BCUT2D eigenvalue weighted by Gasteiger charge is 2.20. The zero-order chi connectivity index (χ0) is 18.6. The van der Waals surface area contributed by atoms with E-state index in [1.165, 1.54) is 9.87 Å². The lowest BCUT2D eigenvalue weighted by Crippen LogP contribution is -2.28. The molecule has 0 saturated carbocycles. The van der Waals surface area contributed by atoms with E-state index in [0.717, 1.165) is 5.56 Å². The summed E-state index contributed by atoms with van der Waals surface area (Å²) in [6.07, 6.45) is 0. The van der Waals surface area contributed by atoms with E-state index in [1.807, 2.05) is 18.2 Å². The summed E-state index contributed by atoms with van der Waals surface area (Å²) in [6, 6.07) is 17.9. The summed E-state index contributed by atoms with van der Waals surface area (Å²) < 4.78 is 25.6. The van der Waals surface area contributed by atoms with Crippen molar-refractivity contribution >= 4 is 10.0 Å². The maximum atomic E-state index is 12.2. The van der Waals surface area contributed by atoms with Crippen LogP contribution >= 0.6 is 0 Å². The van der Waals surface area contributed by atoms with Gasteiger partial charge in [-0.25, -0.2) is 12.7 Å². The number of rotatable bonds is 7. The van der Waals surface area contributed by atoms with Crippen LogP contribution in [-0.4, -0.2) is 26.8 Å². The highest BCUT2D eigenvalue weighted by atomic mass is 32.2. The van der Waals surface area contributed by atoms with Crippen molar-refractivity contribution < 1.29 is 8.42 Å². The second kappa shape index (κ2) is 8.13. The lowest BCUT2D eigenvalue weighted by Gasteiger charge is -2.27. The second-order valence-electron chi connectivity index (χ2n) is 6.88. The van der Waals surface area contributed by atoms with E-state index in [2.05, 4.69) is 50.4 Å². The van der Waals surface area contributed by atoms with Gasteiger partial charge in [-0.15, -0.1) is 0 Å². The molecule has 0 aromatic heterocycles. The van der Waals surface area contributed by atoms with Gasteiger partial charge in [-0.2, -0.15) is 0 Å². The van der Waals surface area contributed by atoms with E-state index in [1.54, 1.807) is 26.2 Å². The first kappa shape index (κ1) is 19.6. The van der Waals surface area contributed by atoms with Crippen LogP contribution in [0.4, 0.5) is 0 Å². The van der Waals surface area contributed by atoms with Crippen LogP contribution < -0.4 is 5.32 Å². The van der Waals surface area contributed by atoms with E-state index in [0.29, 0.717) is 10.8 Å². The Balaban J connectivity index is 2.18. The zero-order valence-electron chi connectivity index (χ0n) is 15.6. The number of benzene rings is 2. The van der Waals surface area contributed by atoms with Crippen LogP contribution in [0, 0.1) is 5.92 Å². The quantitative estimate of drug-likeness (QED) is 0.812. The van der Waals surface area contributed by atoms with Crippen LogP contribution in [0.1, 0.15) is 44.0 Å². The molecule has 0 heterocycles. The minimum absolute atomic E-state index is 0.115. The Bertz CT molecular complexity index is 769. The van der Waals surface area contributed by atoms with Gasteiger partial charge in [0.15, 0.2) is 0 Å². The Morgan fingerprint density at radius 2 is 1.40 bits per heavy atom. The Morgan fingerprint density at radius 3 is 1.88 bits per heavy atom. The van der Waals surface area contributed by atoms with Crippen LogP contribution in [0.15, 0.2) is 59.5 Å². The molecule has 1 N–H and O–H groups in total. The van der Waals surface area contributed by atoms with E-state index >= 15 is 0 Å². The lowest BCUT2D eigenvalue weighted by molar-refractivity contribution is 0.374. The molecule has 2 aromatic rings. The molecule has 2 rings (SSSR count). The van der Waals surface area contributed by atoms with Crippen molar-refractivity contribution in [3.8, 4) is 0 Å². The smallest absolute Gasteiger partial charge is 0.242 e. The third-order valence-electron chi connectivity index (χ3n) is 4.41. The number of sulfonamides is 1. The summed E-state index contributed by atoms with van der Waals surface area (Å²) in [4.78, 5) is 0.317. The highest BCUT2D eigenvalue weighted by Crippen LogP contribution is 2.26. The molecule has 0 aliphatic heterocycles. The van der Waals surface area contributed by atoms with Crippen molar-refractivity contribution in [2.24, 2.45) is 5.92 Å². The van der Waals surface area contributed by atoms with Crippen LogP contribution in [-0.2, 0) is 10.0 Å². The number of hydrogen-bond donors (Lipinski definition) is 1. The predicted octanol–water partition coefficient (Wildman–Crippen LogP) is 3.98. The van der Waals surface area contributed by atoms with E-state index in [4.69, 9.17) is 0 Å². The van der Waals surface area contributed by atoms with Crippen molar-refractivity contribution in [3.63, 3.8) is 0 Å². The molecular weight excluding hydrogens is 332 g/mol. The lowest BCUT2D eigenvalue weighted by atomic mass is 9.94. The van der Waals surface area contributed by atoms with Crippen molar-refractivity contribution in [1.29, 1.82) is 0 Å². The Kier molecular flexibility index (Phi) is 6.38. The predicted molar refractivity (Wildman–Crippen MR) is 103 cm³/mol. The first-order chi connectivity index (χ1) is 11.7. The summed E-state index contributed by atoms with van der Waals surface area (Å²) in [5.74, 6) is 0.443. The average Bonchev–Trinajstić information content (AvgIpc) is 2.59. The molecule has 0 spiro atoms. The minimum Gasteiger partial charge on any atom is -0.303 e. The van der Waals surface area contributed by atoms with E-state index in [9.17, 15) is 8.42 Å². The molecule has 0 aliphatic carbocycles. The van der Waals surface area contributed by atoms with Gasteiger partial charge in [-0.1, -0.05) is 56.3 Å². The molecule has 0 amide bonds. The largest absolute Gasteiger partial charge is 0.303 e. The standard InChI is InChI=1S/C20H28N2O2S/c1-15(2)20(18-9-7-6-8-10-18)21-16(3)17-11-13-19(14-12-17)25(23,24)22(4)5/h6-16,20-21H,1-5H3. The molecule has 0 saturated heterocycles. The van der Waals surface area contributed by atoms with Crippen molar-refractivity contribution in [3.05, 3.63) is 65.7 Å². The third-order valence-corrected chi connectivity index (χ3v) is 6.24. The molecule has 4 nitrogen and oxygen atoms in total. The van der Waals surface area contributed by atoms with E-state index < -0.39 is 10.0 Å². The maximum absolute atomic E-state index is 12.2. The Labute approximate surface area is 151 Å². The molecule has 0 bridgehead atoms. The number of nitrogens with zero attached hydrogens (tertiary/aromatic N) is 1. The fraction of sp³-hybridized carbons (Fsp3) is 0.400. The molecule has 2 aromatic carbocycles. The summed E-state index contributed by atoms with van der Waals surface area (Å²) >= 11 is 0. The fourth-order valence-electron chi connectivity index (χ4n) is 2.84. The van der Waals surface area contributed by atoms with Gasteiger partial charge in [-0.05, 0) is 36.1 Å². The van der Waals surface area contributed by atoms with Gasteiger partial charge in [-0.3, -0.25) is 0 Å². The molecule has 2 unspecified atom stereocenters. The van der Waals surface area contributed by atoms with Crippen LogP contribution in [0.2, 0.25) is 0 Å². The SMILES string of the molecule is CC(NC(c1ccccc1)C(C)C)c1ccc(S(=O)(=O)N(C)C)cc1. The molecule has 136 valence electrons. The summed E-state index contributed by atoms with van der Waals surface area (Å²) in [5, 5.41) is 3.67. The Morgan fingerprint density at radius 1 is 0.840 bits per heavy atom. The topological polar surface area (TPSA) is 49.4 Å². The summed E-state index contributed by atoms with van der Waals surface area (Å²) in [6.45, 7) is 6.50.